The molecule has 0 unspecified atom stereocenters. The predicted octanol–water partition coefficient (Wildman–Crippen LogP) is 4.90. The van der Waals surface area contributed by atoms with Crippen LogP contribution in [0.15, 0.2) is 65.7 Å². The molecule has 1 heterocycles. The fourth-order valence-electron chi connectivity index (χ4n) is 2.42. The number of rotatable bonds is 5. The first-order chi connectivity index (χ1) is 12.3. The Morgan fingerprint density at radius 1 is 0.923 bits per heavy atom. The molecule has 0 saturated carbocycles. The van der Waals surface area contributed by atoms with Crippen molar-refractivity contribution in [3.8, 4) is 0 Å². The Morgan fingerprint density at radius 3 is 2.27 bits per heavy atom. The molecule has 1 aromatic heterocycles. The monoisotopic (exact) mass is 387 g/mol. The van der Waals surface area contributed by atoms with Crippen LogP contribution in [0.4, 0.5) is 17.2 Å². The van der Waals surface area contributed by atoms with E-state index in [-0.39, 0.29) is 10.7 Å². The van der Waals surface area contributed by atoms with Gasteiger partial charge in [0.1, 0.15) is 5.82 Å². The molecule has 0 bridgehead atoms. The van der Waals surface area contributed by atoms with Gasteiger partial charge in [0.15, 0.2) is 0 Å². The van der Waals surface area contributed by atoms with Crippen LogP contribution in [0, 0.1) is 13.8 Å². The fraction of sp³-hybridized carbons (Fsp3) is 0.105. The number of halogens is 1. The summed E-state index contributed by atoms with van der Waals surface area (Å²) < 4.78 is 27.7. The lowest BCUT2D eigenvalue weighted by atomic mass is 10.2. The highest BCUT2D eigenvalue weighted by molar-refractivity contribution is 7.92. The highest BCUT2D eigenvalue weighted by Gasteiger charge is 2.17. The number of pyridine rings is 1. The lowest BCUT2D eigenvalue weighted by molar-refractivity contribution is 0.600. The van der Waals surface area contributed by atoms with Gasteiger partial charge in [0.05, 0.1) is 16.8 Å². The van der Waals surface area contributed by atoms with Crippen molar-refractivity contribution in [3.63, 3.8) is 0 Å². The summed E-state index contributed by atoms with van der Waals surface area (Å²) in [5.41, 5.74) is 3.16. The maximum Gasteiger partial charge on any atom is 0.263 e. The number of hydrogen-bond donors (Lipinski definition) is 2. The molecule has 0 spiro atoms. The van der Waals surface area contributed by atoms with E-state index in [2.05, 4.69) is 15.0 Å². The third kappa shape index (κ3) is 4.33. The minimum absolute atomic E-state index is 0.252. The molecule has 0 atom stereocenters. The summed E-state index contributed by atoms with van der Waals surface area (Å²) in [6.07, 6.45) is 1.57. The zero-order chi connectivity index (χ0) is 18.7. The Balaban J connectivity index is 1.76. The van der Waals surface area contributed by atoms with Crippen molar-refractivity contribution in [1.82, 2.24) is 4.98 Å². The molecule has 5 nitrogen and oxygen atoms in total. The van der Waals surface area contributed by atoms with Gasteiger partial charge in [-0.25, -0.2) is 13.4 Å². The average molecular weight is 388 g/mol. The molecule has 0 radical (unpaired) electrons. The number of aryl methyl sites for hydroxylation is 2. The van der Waals surface area contributed by atoms with Gasteiger partial charge in [0.2, 0.25) is 0 Å². The van der Waals surface area contributed by atoms with Crippen LogP contribution in [0.2, 0.25) is 5.02 Å². The molecule has 2 N–H and O–H groups in total. The second-order valence-corrected chi connectivity index (χ2v) is 8.03. The molecular formula is C19H18ClN3O2S. The van der Waals surface area contributed by atoms with Gasteiger partial charge in [-0.1, -0.05) is 23.7 Å². The smallest absolute Gasteiger partial charge is 0.263 e. The first-order valence-electron chi connectivity index (χ1n) is 7.92. The van der Waals surface area contributed by atoms with E-state index in [4.69, 9.17) is 11.6 Å². The largest absolute Gasteiger partial charge is 0.354 e. The summed E-state index contributed by atoms with van der Waals surface area (Å²) in [6, 6.07) is 15.9. The number of sulfonamides is 1. The van der Waals surface area contributed by atoms with Crippen molar-refractivity contribution in [3.05, 3.63) is 76.9 Å². The third-order valence-electron chi connectivity index (χ3n) is 3.77. The summed E-state index contributed by atoms with van der Waals surface area (Å²) in [7, 11) is -3.69. The van der Waals surface area contributed by atoms with Gasteiger partial charge in [-0.15, -0.1) is 0 Å². The van der Waals surface area contributed by atoms with Crippen LogP contribution in [0.25, 0.3) is 0 Å². The maximum atomic E-state index is 12.6. The fourth-order valence-corrected chi connectivity index (χ4v) is 3.88. The van der Waals surface area contributed by atoms with Gasteiger partial charge in [0, 0.05) is 10.7 Å². The lowest BCUT2D eigenvalue weighted by Gasteiger charge is -2.11. The Bertz CT molecular complexity index is 1020. The molecule has 0 aliphatic heterocycles. The van der Waals surface area contributed by atoms with Gasteiger partial charge in [-0.2, -0.15) is 0 Å². The van der Waals surface area contributed by atoms with Crippen LogP contribution in [-0.2, 0) is 10.0 Å². The molecular weight excluding hydrogens is 370 g/mol. The number of aromatic nitrogens is 1. The van der Waals surface area contributed by atoms with Crippen molar-refractivity contribution in [2.45, 2.75) is 18.7 Å². The second kappa shape index (κ2) is 7.35. The van der Waals surface area contributed by atoms with Crippen molar-refractivity contribution in [1.29, 1.82) is 0 Å². The molecule has 2 aromatic carbocycles. The Labute approximate surface area is 158 Å². The van der Waals surface area contributed by atoms with Crippen LogP contribution in [0.5, 0.6) is 0 Å². The van der Waals surface area contributed by atoms with Crippen molar-refractivity contribution in [2.24, 2.45) is 0 Å². The minimum atomic E-state index is -3.69. The molecule has 3 rings (SSSR count). The molecule has 0 aliphatic rings. The van der Waals surface area contributed by atoms with Gasteiger partial charge in [-0.05, 0) is 67.4 Å². The van der Waals surface area contributed by atoms with E-state index >= 15 is 0 Å². The topological polar surface area (TPSA) is 71.1 Å². The molecule has 7 heteroatoms. The van der Waals surface area contributed by atoms with Gasteiger partial charge in [0.25, 0.3) is 10.0 Å². The number of nitrogens with zero attached hydrogens (tertiary/aromatic N) is 1. The standard InChI is InChI=1S/C19H18ClN3O2S/c1-13-3-4-14(2)18(11-13)26(24,25)23-19-10-9-17(12-21-19)22-16-7-5-15(20)6-8-16/h3-12,22H,1-2H3,(H,21,23). The van der Waals surface area contributed by atoms with Crippen molar-refractivity contribution in [2.75, 3.05) is 10.0 Å². The highest BCUT2D eigenvalue weighted by atomic mass is 35.5. The van der Waals surface area contributed by atoms with Gasteiger partial charge < -0.3 is 5.32 Å². The third-order valence-corrected chi connectivity index (χ3v) is 5.52. The predicted molar refractivity (Wildman–Crippen MR) is 106 cm³/mol. The number of anilines is 3. The Hall–Kier alpha value is -2.57. The SMILES string of the molecule is Cc1ccc(C)c(S(=O)(=O)Nc2ccc(Nc3ccc(Cl)cc3)cn2)c1. The molecule has 134 valence electrons. The molecule has 0 saturated heterocycles. The zero-order valence-corrected chi connectivity index (χ0v) is 15.9. The first kappa shape index (κ1) is 18.2. The van der Waals surface area contributed by atoms with Crippen LogP contribution in [0.1, 0.15) is 11.1 Å². The van der Waals surface area contributed by atoms with E-state index in [9.17, 15) is 8.42 Å². The lowest BCUT2D eigenvalue weighted by Crippen LogP contribution is -2.15. The number of nitrogens with one attached hydrogen (secondary N) is 2. The van der Waals surface area contributed by atoms with Crippen LogP contribution in [0.3, 0.4) is 0 Å². The molecule has 3 aromatic rings. The van der Waals surface area contributed by atoms with E-state index in [1.807, 2.05) is 25.1 Å². The van der Waals surface area contributed by atoms with Crippen molar-refractivity contribution < 1.29 is 8.42 Å². The van der Waals surface area contributed by atoms with Crippen LogP contribution >= 0.6 is 11.6 Å². The second-order valence-electron chi connectivity index (χ2n) is 5.94. The summed E-state index contributed by atoms with van der Waals surface area (Å²) in [6.45, 7) is 3.62. The quantitative estimate of drug-likeness (QED) is 0.653. The number of benzene rings is 2. The highest BCUT2D eigenvalue weighted by Crippen LogP contribution is 2.22. The van der Waals surface area contributed by atoms with E-state index in [1.54, 1.807) is 49.5 Å². The van der Waals surface area contributed by atoms with Crippen molar-refractivity contribution >= 4 is 38.8 Å². The zero-order valence-electron chi connectivity index (χ0n) is 14.3. The average Bonchev–Trinajstić information content (AvgIpc) is 2.60. The van der Waals surface area contributed by atoms with E-state index in [0.717, 1.165) is 16.9 Å². The minimum Gasteiger partial charge on any atom is -0.354 e. The molecule has 26 heavy (non-hydrogen) atoms. The molecule has 0 aliphatic carbocycles. The summed E-state index contributed by atoms with van der Waals surface area (Å²) >= 11 is 5.86. The van der Waals surface area contributed by atoms with Crippen LogP contribution in [-0.4, -0.2) is 13.4 Å². The maximum absolute atomic E-state index is 12.6. The van der Waals surface area contributed by atoms with E-state index in [0.29, 0.717) is 10.6 Å². The molecule has 0 fully saturated rings. The van der Waals surface area contributed by atoms with Gasteiger partial charge >= 0.3 is 0 Å². The summed E-state index contributed by atoms with van der Waals surface area (Å²) in [4.78, 5) is 4.43. The van der Waals surface area contributed by atoms with E-state index in [1.165, 1.54) is 0 Å². The summed E-state index contributed by atoms with van der Waals surface area (Å²) in [5, 5.41) is 3.83. The summed E-state index contributed by atoms with van der Waals surface area (Å²) in [5.74, 6) is 0.257. The molecule has 0 amide bonds. The Kier molecular flexibility index (Phi) is 5.15. The van der Waals surface area contributed by atoms with Gasteiger partial charge in [-0.3, -0.25) is 4.72 Å². The van der Waals surface area contributed by atoms with Crippen LogP contribution < -0.4 is 10.0 Å². The Morgan fingerprint density at radius 2 is 1.62 bits per heavy atom. The van der Waals surface area contributed by atoms with E-state index < -0.39 is 10.0 Å². The normalized spacial score (nSPS) is 11.2. The number of hydrogen-bond acceptors (Lipinski definition) is 4. The first-order valence-corrected chi connectivity index (χ1v) is 9.78.